The quantitative estimate of drug-likeness (QED) is 0.828. The van der Waals surface area contributed by atoms with Crippen molar-refractivity contribution in [2.45, 2.75) is 39.2 Å². The minimum atomic E-state index is -0.0653. The number of benzene rings is 1. The van der Waals surface area contributed by atoms with Crippen LogP contribution in [0.15, 0.2) is 18.2 Å². The van der Waals surface area contributed by atoms with Crippen molar-refractivity contribution in [2.24, 2.45) is 0 Å². The standard InChI is InChI=1S/C16H25N3O/c1-12-7-6-8-14(17)15(12)16(20)18-11-13(2)19-9-4-3-5-10-19/h6-8,13H,3-5,9-11,17H2,1-2H3,(H,18,20). The Morgan fingerprint density at radius 2 is 2.05 bits per heavy atom. The molecule has 1 amide bonds. The summed E-state index contributed by atoms with van der Waals surface area (Å²) in [4.78, 5) is 14.7. The monoisotopic (exact) mass is 275 g/mol. The van der Waals surface area contributed by atoms with Gasteiger partial charge in [0.2, 0.25) is 0 Å². The van der Waals surface area contributed by atoms with Crippen LogP contribution in [0.1, 0.15) is 42.1 Å². The van der Waals surface area contributed by atoms with Crippen LogP contribution in [-0.2, 0) is 0 Å². The summed E-state index contributed by atoms with van der Waals surface area (Å²) in [7, 11) is 0. The summed E-state index contributed by atoms with van der Waals surface area (Å²) in [5, 5.41) is 3.02. The first-order valence-electron chi connectivity index (χ1n) is 7.47. The molecule has 1 heterocycles. The normalized spacial score (nSPS) is 17.7. The number of hydrogen-bond donors (Lipinski definition) is 2. The molecule has 3 N–H and O–H groups in total. The molecule has 1 atom stereocenters. The van der Waals surface area contributed by atoms with E-state index >= 15 is 0 Å². The number of carbonyl (C=O) groups excluding carboxylic acids is 1. The summed E-state index contributed by atoms with van der Waals surface area (Å²) in [5.41, 5.74) is 7.98. The van der Waals surface area contributed by atoms with E-state index in [1.807, 2.05) is 19.1 Å². The SMILES string of the molecule is Cc1cccc(N)c1C(=O)NCC(C)N1CCCCC1. The van der Waals surface area contributed by atoms with Crippen molar-refractivity contribution in [3.63, 3.8) is 0 Å². The predicted molar refractivity (Wildman–Crippen MR) is 82.8 cm³/mol. The van der Waals surface area contributed by atoms with Gasteiger partial charge in [-0.15, -0.1) is 0 Å². The van der Waals surface area contributed by atoms with E-state index in [0.717, 1.165) is 18.7 Å². The van der Waals surface area contributed by atoms with Crippen molar-refractivity contribution >= 4 is 11.6 Å². The molecule has 0 aromatic heterocycles. The zero-order valence-corrected chi connectivity index (χ0v) is 12.5. The number of nitrogens with one attached hydrogen (secondary N) is 1. The van der Waals surface area contributed by atoms with Crippen LogP contribution in [-0.4, -0.2) is 36.5 Å². The van der Waals surface area contributed by atoms with Gasteiger partial charge in [0.05, 0.1) is 5.56 Å². The van der Waals surface area contributed by atoms with Crippen LogP contribution >= 0.6 is 0 Å². The lowest BCUT2D eigenvalue weighted by Crippen LogP contribution is -2.44. The first kappa shape index (κ1) is 14.9. The summed E-state index contributed by atoms with van der Waals surface area (Å²) in [6.07, 6.45) is 3.86. The molecule has 0 bridgehead atoms. The molecule has 0 radical (unpaired) electrons. The van der Waals surface area contributed by atoms with Gasteiger partial charge in [-0.3, -0.25) is 9.69 Å². The maximum Gasteiger partial charge on any atom is 0.253 e. The number of hydrogen-bond acceptors (Lipinski definition) is 3. The fourth-order valence-corrected chi connectivity index (χ4v) is 2.82. The number of likely N-dealkylation sites (tertiary alicyclic amines) is 1. The van der Waals surface area contributed by atoms with Crippen molar-refractivity contribution in [1.29, 1.82) is 0 Å². The summed E-state index contributed by atoms with van der Waals surface area (Å²) < 4.78 is 0. The lowest BCUT2D eigenvalue weighted by atomic mass is 10.1. The minimum Gasteiger partial charge on any atom is -0.398 e. The molecule has 4 nitrogen and oxygen atoms in total. The second-order valence-electron chi connectivity index (χ2n) is 5.69. The molecule has 1 aliphatic heterocycles. The summed E-state index contributed by atoms with van der Waals surface area (Å²) >= 11 is 0. The summed E-state index contributed by atoms with van der Waals surface area (Å²) in [5.74, 6) is -0.0653. The van der Waals surface area contributed by atoms with Crippen molar-refractivity contribution in [3.8, 4) is 0 Å². The van der Waals surface area contributed by atoms with Crippen molar-refractivity contribution in [1.82, 2.24) is 10.2 Å². The van der Waals surface area contributed by atoms with Gasteiger partial charge in [-0.2, -0.15) is 0 Å². The van der Waals surface area contributed by atoms with Crippen LogP contribution in [0.25, 0.3) is 0 Å². The van der Waals surface area contributed by atoms with Crippen LogP contribution in [0.4, 0.5) is 5.69 Å². The fourth-order valence-electron chi connectivity index (χ4n) is 2.82. The number of amides is 1. The number of carbonyl (C=O) groups is 1. The molecule has 1 aromatic rings. The maximum absolute atomic E-state index is 12.3. The largest absolute Gasteiger partial charge is 0.398 e. The Hall–Kier alpha value is -1.55. The molecule has 1 saturated heterocycles. The Bertz CT molecular complexity index is 447. The molecule has 2 rings (SSSR count). The number of anilines is 1. The van der Waals surface area contributed by atoms with E-state index in [2.05, 4.69) is 17.1 Å². The number of aryl methyl sites for hydroxylation is 1. The van der Waals surface area contributed by atoms with Crippen LogP contribution in [0.3, 0.4) is 0 Å². The molecular weight excluding hydrogens is 250 g/mol. The smallest absolute Gasteiger partial charge is 0.253 e. The Labute approximate surface area is 121 Å². The fraction of sp³-hybridized carbons (Fsp3) is 0.562. The molecule has 1 unspecified atom stereocenters. The Morgan fingerprint density at radius 3 is 2.70 bits per heavy atom. The Morgan fingerprint density at radius 1 is 1.35 bits per heavy atom. The van der Waals surface area contributed by atoms with E-state index in [1.165, 1.54) is 19.3 Å². The Balaban J connectivity index is 1.91. The molecular formula is C16H25N3O. The van der Waals surface area contributed by atoms with Gasteiger partial charge < -0.3 is 11.1 Å². The van der Waals surface area contributed by atoms with Crippen LogP contribution in [0, 0.1) is 6.92 Å². The van der Waals surface area contributed by atoms with Crippen LogP contribution < -0.4 is 11.1 Å². The highest BCUT2D eigenvalue weighted by Crippen LogP contribution is 2.16. The second-order valence-corrected chi connectivity index (χ2v) is 5.69. The number of piperidine rings is 1. The third kappa shape index (κ3) is 3.51. The molecule has 1 fully saturated rings. The molecule has 0 spiro atoms. The Kier molecular flexibility index (Phi) is 5.01. The van der Waals surface area contributed by atoms with Gasteiger partial charge in [-0.1, -0.05) is 18.6 Å². The minimum absolute atomic E-state index is 0.0653. The van der Waals surface area contributed by atoms with Gasteiger partial charge in [0.15, 0.2) is 0 Å². The van der Waals surface area contributed by atoms with Gasteiger partial charge in [-0.25, -0.2) is 0 Å². The highest BCUT2D eigenvalue weighted by molar-refractivity contribution is 6.00. The van der Waals surface area contributed by atoms with Gasteiger partial charge >= 0.3 is 0 Å². The molecule has 110 valence electrons. The maximum atomic E-state index is 12.3. The molecule has 1 aromatic carbocycles. The molecule has 0 saturated carbocycles. The zero-order valence-electron chi connectivity index (χ0n) is 12.5. The van der Waals surface area contributed by atoms with Crippen molar-refractivity contribution < 1.29 is 4.79 Å². The highest BCUT2D eigenvalue weighted by atomic mass is 16.1. The van der Waals surface area contributed by atoms with Gasteiger partial charge in [0, 0.05) is 18.3 Å². The molecule has 0 aliphatic carbocycles. The van der Waals surface area contributed by atoms with E-state index in [9.17, 15) is 4.79 Å². The van der Waals surface area contributed by atoms with E-state index < -0.39 is 0 Å². The zero-order chi connectivity index (χ0) is 14.5. The topological polar surface area (TPSA) is 58.4 Å². The third-order valence-electron chi connectivity index (χ3n) is 4.10. The van der Waals surface area contributed by atoms with E-state index in [1.54, 1.807) is 6.07 Å². The predicted octanol–water partition coefficient (Wildman–Crippen LogP) is 2.18. The summed E-state index contributed by atoms with van der Waals surface area (Å²) in [6.45, 7) is 7.05. The van der Waals surface area contributed by atoms with Crippen LogP contribution in [0.2, 0.25) is 0 Å². The van der Waals surface area contributed by atoms with E-state index in [-0.39, 0.29) is 5.91 Å². The average Bonchev–Trinajstić information content (AvgIpc) is 2.45. The average molecular weight is 275 g/mol. The first-order chi connectivity index (χ1) is 9.59. The number of nitrogen functional groups attached to an aromatic ring is 1. The third-order valence-corrected chi connectivity index (χ3v) is 4.10. The lowest BCUT2D eigenvalue weighted by molar-refractivity contribution is 0.0930. The van der Waals surface area contributed by atoms with Gasteiger partial charge in [-0.05, 0) is 51.4 Å². The van der Waals surface area contributed by atoms with E-state index in [0.29, 0.717) is 23.8 Å². The molecule has 4 heteroatoms. The summed E-state index contributed by atoms with van der Waals surface area (Å²) in [6, 6.07) is 5.94. The van der Waals surface area contributed by atoms with Crippen molar-refractivity contribution in [3.05, 3.63) is 29.3 Å². The van der Waals surface area contributed by atoms with Gasteiger partial charge in [0.25, 0.3) is 5.91 Å². The van der Waals surface area contributed by atoms with Crippen LogP contribution in [0.5, 0.6) is 0 Å². The molecule has 20 heavy (non-hydrogen) atoms. The first-order valence-corrected chi connectivity index (χ1v) is 7.47. The van der Waals surface area contributed by atoms with Crippen molar-refractivity contribution in [2.75, 3.05) is 25.4 Å². The van der Waals surface area contributed by atoms with Gasteiger partial charge in [0.1, 0.15) is 0 Å². The molecule has 1 aliphatic rings. The van der Waals surface area contributed by atoms with E-state index in [4.69, 9.17) is 5.73 Å². The number of nitrogens with two attached hydrogens (primary N) is 1. The number of nitrogens with zero attached hydrogens (tertiary/aromatic N) is 1. The lowest BCUT2D eigenvalue weighted by Gasteiger charge is -2.32. The number of rotatable bonds is 4. The second kappa shape index (κ2) is 6.75. The highest BCUT2D eigenvalue weighted by Gasteiger charge is 2.18.